The molecule has 0 radical (unpaired) electrons. The Morgan fingerprint density at radius 1 is 1.44 bits per heavy atom. The zero-order chi connectivity index (χ0) is 13.5. The molecule has 2 N–H and O–H groups in total. The molecule has 0 unspecified atom stereocenters. The highest BCUT2D eigenvalue weighted by molar-refractivity contribution is 9.10. The number of rotatable bonds is 3. The smallest absolute Gasteiger partial charge is 0.269 e. The number of imide groups is 1. The molecule has 5 nitrogen and oxygen atoms in total. The van der Waals surface area contributed by atoms with Crippen LogP contribution in [0.5, 0.6) is 0 Å². The van der Waals surface area contributed by atoms with Gasteiger partial charge in [-0.05, 0) is 18.2 Å². The molecule has 18 heavy (non-hydrogen) atoms. The molecule has 0 saturated heterocycles. The van der Waals surface area contributed by atoms with Gasteiger partial charge >= 0.3 is 0 Å². The fourth-order valence-electron chi connectivity index (χ4n) is 1.11. The van der Waals surface area contributed by atoms with Crippen molar-refractivity contribution in [2.24, 2.45) is 0 Å². The Hall–Kier alpha value is -2.13. The van der Waals surface area contributed by atoms with E-state index in [-0.39, 0.29) is 5.57 Å². The summed E-state index contributed by atoms with van der Waals surface area (Å²) in [4.78, 5) is 22.1. The van der Waals surface area contributed by atoms with Crippen LogP contribution in [0.1, 0.15) is 6.92 Å². The Bertz CT molecular complexity index is 546. The minimum absolute atomic E-state index is 0.176. The number of carbonyl (C=O) groups excluding carboxylic acids is 2. The summed E-state index contributed by atoms with van der Waals surface area (Å²) in [5.41, 5.74) is 0.540. The van der Waals surface area contributed by atoms with Crippen molar-refractivity contribution in [1.82, 2.24) is 5.32 Å². The molecule has 0 aliphatic heterocycles. The Morgan fingerprint density at radius 3 is 2.72 bits per heavy atom. The lowest BCUT2D eigenvalue weighted by Crippen LogP contribution is -2.29. The molecule has 6 heteroatoms. The van der Waals surface area contributed by atoms with E-state index in [1.54, 1.807) is 18.2 Å². The van der Waals surface area contributed by atoms with Crippen molar-refractivity contribution in [3.8, 4) is 6.07 Å². The third-order valence-corrected chi connectivity index (χ3v) is 2.36. The molecule has 0 saturated carbocycles. The number of halogens is 1. The van der Waals surface area contributed by atoms with Crippen LogP contribution < -0.4 is 10.6 Å². The van der Waals surface area contributed by atoms with Crippen molar-refractivity contribution in [2.75, 3.05) is 5.32 Å². The van der Waals surface area contributed by atoms with Gasteiger partial charge in [0.25, 0.3) is 5.91 Å². The molecule has 0 aliphatic rings. The minimum Gasteiger partial charge on any atom is -0.360 e. The lowest BCUT2D eigenvalue weighted by molar-refractivity contribution is -0.126. The van der Waals surface area contributed by atoms with Gasteiger partial charge in [-0.25, -0.2) is 0 Å². The number of hydrogen-bond donors (Lipinski definition) is 2. The summed E-state index contributed by atoms with van der Waals surface area (Å²) < 4.78 is 0.868. The average molecular weight is 308 g/mol. The highest BCUT2D eigenvalue weighted by Crippen LogP contribution is 2.15. The third-order valence-electron chi connectivity index (χ3n) is 1.86. The number of anilines is 1. The summed E-state index contributed by atoms with van der Waals surface area (Å²) in [6.07, 6.45) is 1.25. The van der Waals surface area contributed by atoms with Gasteiger partial charge < -0.3 is 5.32 Å². The van der Waals surface area contributed by atoms with Crippen LogP contribution in [-0.2, 0) is 9.59 Å². The third kappa shape index (κ3) is 4.39. The topological polar surface area (TPSA) is 82.0 Å². The first-order valence-corrected chi connectivity index (χ1v) is 5.76. The molecular weight excluding hydrogens is 298 g/mol. The molecule has 0 aliphatic carbocycles. The number of hydrogen-bond acceptors (Lipinski definition) is 4. The van der Waals surface area contributed by atoms with E-state index in [4.69, 9.17) is 5.26 Å². The van der Waals surface area contributed by atoms with E-state index in [2.05, 4.69) is 21.2 Å². The van der Waals surface area contributed by atoms with Crippen LogP contribution in [0.3, 0.4) is 0 Å². The number of amides is 2. The Morgan fingerprint density at radius 2 is 2.17 bits per heavy atom. The van der Waals surface area contributed by atoms with Crippen molar-refractivity contribution < 1.29 is 9.59 Å². The van der Waals surface area contributed by atoms with Crippen LogP contribution in [0.15, 0.2) is 40.5 Å². The molecule has 0 aromatic heterocycles. The van der Waals surface area contributed by atoms with Crippen LogP contribution in [0.2, 0.25) is 0 Å². The van der Waals surface area contributed by atoms with E-state index in [0.717, 1.165) is 4.47 Å². The van der Waals surface area contributed by atoms with Crippen molar-refractivity contribution >= 4 is 33.4 Å². The lowest BCUT2D eigenvalue weighted by Gasteiger charge is -2.03. The van der Waals surface area contributed by atoms with Crippen LogP contribution in [-0.4, -0.2) is 11.8 Å². The summed E-state index contributed by atoms with van der Waals surface area (Å²) in [5, 5.41) is 13.6. The SMILES string of the molecule is CC(=O)NC(=O)/C(C#N)=C/Nc1cccc(Br)c1. The molecule has 0 atom stereocenters. The summed E-state index contributed by atoms with van der Waals surface area (Å²) in [7, 11) is 0. The molecule has 0 spiro atoms. The molecular formula is C12H10BrN3O2. The van der Waals surface area contributed by atoms with Crippen LogP contribution in [0.4, 0.5) is 5.69 Å². The van der Waals surface area contributed by atoms with E-state index in [9.17, 15) is 9.59 Å². The van der Waals surface area contributed by atoms with Gasteiger partial charge in [0.1, 0.15) is 11.6 Å². The number of nitrogens with one attached hydrogen (secondary N) is 2. The second-order valence-electron chi connectivity index (χ2n) is 3.33. The molecule has 2 amide bonds. The van der Waals surface area contributed by atoms with Gasteiger partial charge in [-0.1, -0.05) is 22.0 Å². The Balaban J connectivity index is 2.78. The fourth-order valence-corrected chi connectivity index (χ4v) is 1.51. The van der Waals surface area contributed by atoms with Gasteiger partial charge in [0.05, 0.1) is 0 Å². The molecule has 0 bridgehead atoms. The van der Waals surface area contributed by atoms with E-state index in [1.807, 2.05) is 17.4 Å². The van der Waals surface area contributed by atoms with E-state index in [0.29, 0.717) is 5.69 Å². The summed E-state index contributed by atoms with van der Waals surface area (Å²) >= 11 is 3.30. The zero-order valence-corrected chi connectivity index (χ0v) is 11.1. The van der Waals surface area contributed by atoms with E-state index >= 15 is 0 Å². The maximum Gasteiger partial charge on any atom is 0.269 e. The maximum absolute atomic E-state index is 11.4. The van der Waals surface area contributed by atoms with Crippen LogP contribution >= 0.6 is 15.9 Å². The van der Waals surface area contributed by atoms with Crippen LogP contribution in [0.25, 0.3) is 0 Å². The van der Waals surface area contributed by atoms with Gasteiger partial charge in [0.15, 0.2) is 0 Å². The molecule has 1 rings (SSSR count). The van der Waals surface area contributed by atoms with E-state index < -0.39 is 11.8 Å². The predicted molar refractivity (Wildman–Crippen MR) is 70.3 cm³/mol. The molecule has 0 fully saturated rings. The normalized spacial score (nSPS) is 10.4. The molecule has 92 valence electrons. The first-order chi connectivity index (χ1) is 8.52. The quantitative estimate of drug-likeness (QED) is 0.660. The molecule has 1 aromatic carbocycles. The zero-order valence-electron chi connectivity index (χ0n) is 9.53. The minimum atomic E-state index is -0.729. The summed E-state index contributed by atoms with van der Waals surface area (Å²) in [6, 6.07) is 8.93. The van der Waals surface area contributed by atoms with Crippen molar-refractivity contribution in [3.63, 3.8) is 0 Å². The summed E-state index contributed by atoms with van der Waals surface area (Å²) in [6.45, 7) is 1.20. The van der Waals surface area contributed by atoms with Gasteiger partial charge in [-0.3, -0.25) is 14.9 Å². The monoisotopic (exact) mass is 307 g/mol. The molecule has 0 heterocycles. The van der Waals surface area contributed by atoms with Crippen molar-refractivity contribution in [3.05, 3.63) is 40.5 Å². The predicted octanol–water partition coefficient (Wildman–Crippen LogP) is 1.93. The second kappa shape index (κ2) is 6.57. The lowest BCUT2D eigenvalue weighted by atomic mass is 10.3. The van der Waals surface area contributed by atoms with Gasteiger partial charge in [0.2, 0.25) is 5.91 Å². The number of carbonyl (C=O) groups is 2. The number of nitriles is 1. The molecule has 1 aromatic rings. The average Bonchev–Trinajstić information content (AvgIpc) is 2.29. The maximum atomic E-state index is 11.4. The second-order valence-corrected chi connectivity index (χ2v) is 4.25. The van der Waals surface area contributed by atoms with Crippen molar-refractivity contribution in [1.29, 1.82) is 5.26 Å². The van der Waals surface area contributed by atoms with Gasteiger partial charge in [-0.2, -0.15) is 5.26 Å². The summed E-state index contributed by atoms with van der Waals surface area (Å²) in [5.74, 6) is -1.24. The van der Waals surface area contributed by atoms with Gasteiger partial charge in [0, 0.05) is 23.3 Å². The highest BCUT2D eigenvalue weighted by atomic mass is 79.9. The fraction of sp³-hybridized carbons (Fsp3) is 0.0833. The van der Waals surface area contributed by atoms with Crippen molar-refractivity contribution in [2.45, 2.75) is 6.92 Å². The Labute approximate surface area is 113 Å². The van der Waals surface area contributed by atoms with Gasteiger partial charge in [-0.15, -0.1) is 0 Å². The largest absolute Gasteiger partial charge is 0.360 e. The first kappa shape index (κ1) is 13.9. The number of nitrogens with zero attached hydrogens (tertiary/aromatic N) is 1. The Kier molecular flexibility index (Phi) is 5.08. The van der Waals surface area contributed by atoms with Crippen LogP contribution in [0, 0.1) is 11.3 Å². The highest BCUT2D eigenvalue weighted by Gasteiger charge is 2.09. The number of benzene rings is 1. The van der Waals surface area contributed by atoms with E-state index in [1.165, 1.54) is 13.1 Å². The standard InChI is InChI=1S/C12H10BrN3O2/c1-8(17)16-12(18)9(6-14)7-15-11-4-2-3-10(13)5-11/h2-5,7,15H,1H3,(H,16,17,18)/b9-7+. The first-order valence-electron chi connectivity index (χ1n) is 4.97.